The first-order valence-electron chi connectivity index (χ1n) is 8.34. The van der Waals surface area contributed by atoms with E-state index in [0.29, 0.717) is 12.0 Å². The largest absolute Gasteiger partial charge is 0.335 e. The van der Waals surface area contributed by atoms with E-state index in [0.717, 1.165) is 24.2 Å². The Morgan fingerprint density at radius 2 is 2.04 bits per heavy atom. The van der Waals surface area contributed by atoms with Crippen LogP contribution in [0.3, 0.4) is 0 Å². The van der Waals surface area contributed by atoms with Crippen molar-refractivity contribution in [3.63, 3.8) is 0 Å². The van der Waals surface area contributed by atoms with Crippen molar-refractivity contribution in [3.05, 3.63) is 48.3 Å². The summed E-state index contributed by atoms with van der Waals surface area (Å²) in [5.41, 5.74) is 1.97. The average Bonchev–Trinajstić information content (AvgIpc) is 3.04. The van der Waals surface area contributed by atoms with E-state index in [4.69, 9.17) is 0 Å². The highest BCUT2D eigenvalue weighted by Crippen LogP contribution is 2.23. The van der Waals surface area contributed by atoms with Gasteiger partial charge in [-0.3, -0.25) is 4.68 Å². The van der Waals surface area contributed by atoms with Gasteiger partial charge in [-0.25, -0.2) is 4.79 Å². The fourth-order valence-electron chi connectivity index (χ4n) is 3.14. The molecule has 2 unspecified atom stereocenters. The SMILES string of the molecule is CC1CCCCC1NC(=O)Nc1ccc(Cn2cccn2)cc1. The normalized spacial score (nSPS) is 20.9. The Hall–Kier alpha value is -2.30. The van der Waals surface area contributed by atoms with E-state index < -0.39 is 0 Å². The number of nitrogens with one attached hydrogen (secondary N) is 2. The van der Waals surface area contributed by atoms with Crippen molar-refractivity contribution in [2.24, 2.45) is 5.92 Å². The highest BCUT2D eigenvalue weighted by atomic mass is 16.2. The van der Waals surface area contributed by atoms with Gasteiger partial charge in [-0.1, -0.05) is 31.9 Å². The lowest BCUT2D eigenvalue weighted by atomic mass is 9.86. The Bertz CT molecular complexity index is 621. The average molecular weight is 312 g/mol. The first-order valence-corrected chi connectivity index (χ1v) is 8.34. The number of aromatic nitrogens is 2. The maximum atomic E-state index is 12.1. The lowest BCUT2D eigenvalue weighted by Crippen LogP contribution is -2.43. The molecule has 1 aliphatic carbocycles. The van der Waals surface area contributed by atoms with E-state index in [9.17, 15) is 4.79 Å². The third-order valence-corrected chi connectivity index (χ3v) is 4.54. The van der Waals surface area contributed by atoms with Crippen LogP contribution in [0.4, 0.5) is 10.5 Å². The van der Waals surface area contributed by atoms with Crippen molar-refractivity contribution >= 4 is 11.7 Å². The molecule has 0 spiro atoms. The summed E-state index contributed by atoms with van der Waals surface area (Å²) in [6, 6.07) is 9.99. The van der Waals surface area contributed by atoms with Gasteiger partial charge in [0.25, 0.3) is 0 Å². The van der Waals surface area contributed by atoms with Gasteiger partial charge in [0.05, 0.1) is 6.54 Å². The minimum absolute atomic E-state index is 0.108. The molecule has 3 rings (SSSR count). The number of carbonyl (C=O) groups excluding carboxylic acids is 1. The van der Waals surface area contributed by atoms with E-state index >= 15 is 0 Å². The van der Waals surface area contributed by atoms with Gasteiger partial charge in [0.15, 0.2) is 0 Å². The number of nitrogens with zero attached hydrogens (tertiary/aromatic N) is 2. The fourth-order valence-corrected chi connectivity index (χ4v) is 3.14. The zero-order chi connectivity index (χ0) is 16.1. The lowest BCUT2D eigenvalue weighted by Gasteiger charge is -2.29. The predicted octanol–water partition coefficient (Wildman–Crippen LogP) is 3.63. The number of carbonyl (C=O) groups is 1. The van der Waals surface area contributed by atoms with Gasteiger partial charge in [-0.2, -0.15) is 5.10 Å². The van der Waals surface area contributed by atoms with E-state index in [2.05, 4.69) is 22.7 Å². The van der Waals surface area contributed by atoms with Crippen LogP contribution in [0.1, 0.15) is 38.2 Å². The molecule has 23 heavy (non-hydrogen) atoms. The number of anilines is 1. The summed E-state index contributed by atoms with van der Waals surface area (Å²) in [5, 5.41) is 10.2. The Kier molecular flexibility index (Phi) is 4.95. The monoisotopic (exact) mass is 312 g/mol. The molecule has 2 amide bonds. The molecule has 1 aromatic heterocycles. The Morgan fingerprint density at radius 1 is 1.26 bits per heavy atom. The zero-order valence-electron chi connectivity index (χ0n) is 13.5. The first kappa shape index (κ1) is 15.6. The summed E-state index contributed by atoms with van der Waals surface area (Å²) in [5.74, 6) is 0.561. The van der Waals surface area contributed by atoms with E-state index in [1.807, 2.05) is 41.2 Å². The summed E-state index contributed by atoms with van der Waals surface area (Å²) in [4.78, 5) is 12.1. The number of hydrogen-bond acceptors (Lipinski definition) is 2. The van der Waals surface area contributed by atoms with Gasteiger partial charge >= 0.3 is 6.03 Å². The Balaban J connectivity index is 1.52. The van der Waals surface area contributed by atoms with E-state index in [1.165, 1.54) is 19.3 Å². The van der Waals surface area contributed by atoms with Crippen LogP contribution >= 0.6 is 0 Å². The number of rotatable bonds is 4. The lowest BCUT2D eigenvalue weighted by molar-refractivity contribution is 0.232. The Morgan fingerprint density at radius 3 is 2.74 bits per heavy atom. The first-order chi connectivity index (χ1) is 11.2. The minimum atomic E-state index is -0.108. The molecule has 0 saturated heterocycles. The molecule has 1 aliphatic rings. The topological polar surface area (TPSA) is 59.0 Å². The van der Waals surface area contributed by atoms with Crippen molar-refractivity contribution in [2.75, 3.05) is 5.32 Å². The third-order valence-electron chi connectivity index (χ3n) is 4.54. The van der Waals surface area contributed by atoms with Gasteiger partial charge in [0.1, 0.15) is 0 Å². The smallest absolute Gasteiger partial charge is 0.319 e. The van der Waals surface area contributed by atoms with Crippen molar-refractivity contribution in [1.29, 1.82) is 0 Å². The quantitative estimate of drug-likeness (QED) is 0.905. The Labute approximate surface area is 137 Å². The van der Waals surface area contributed by atoms with Crippen LogP contribution < -0.4 is 10.6 Å². The van der Waals surface area contributed by atoms with Crippen molar-refractivity contribution in [3.8, 4) is 0 Å². The maximum absolute atomic E-state index is 12.1. The molecule has 5 nitrogen and oxygen atoms in total. The molecule has 5 heteroatoms. The molecule has 1 saturated carbocycles. The van der Waals surface area contributed by atoms with Crippen LogP contribution in [-0.4, -0.2) is 21.9 Å². The number of amides is 2. The summed E-state index contributed by atoms with van der Waals surface area (Å²) >= 11 is 0. The molecular formula is C18H24N4O. The van der Waals surface area contributed by atoms with E-state index in [1.54, 1.807) is 6.20 Å². The van der Waals surface area contributed by atoms with Crippen LogP contribution in [0.25, 0.3) is 0 Å². The second kappa shape index (κ2) is 7.31. The predicted molar refractivity (Wildman–Crippen MR) is 91.3 cm³/mol. The standard InChI is InChI=1S/C18H24N4O/c1-14-5-2-3-6-17(14)21-18(23)20-16-9-7-15(8-10-16)13-22-12-4-11-19-22/h4,7-12,14,17H,2-3,5-6,13H2,1H3,(H2,20,21,23). The highest BCUT2D eigenvalue weighted by Gasteiger charge is 2.22. The van der Waals surface area contributed by atoms with Gasteiger partial charge in [-0.15, -0.1) is 0 Å². The minimum Gasteiger partial charge on any atom is -0.335 e. The summed E-state index contributed by atoms with van der Waals surface area (Å²) in [7, 11) is 0. The maximum Gasteiger partial charge on any atom is 0.319 e. The van der Waals surface area contributed by atoms with Crippen molar-refractivity contribution in [2.45, 2.75) is 45.2 Å². The van der Waals surface area contributed by atoms with E-state index in [-0.39, 0.29) is 6.03 Å². The second-order valence-corrected chi connectivity index (χ2v) is 6.37. The molecule has 1 heterocycles. The molecule has 2 aromatic rings. The number of urea groups is 1. The van der Waals surface area contributed by atoms with Gasteiger partial charge in [-0.05, 0) is 42.5 Å². The molecule has 2 atom stereocenters. The summed E-state index contributed by atoms with van der Waals surface area (Å²) < 4.78 is 1.87. The molecule has 0 bridgehead atoms. The summed E-state index contributed by atoms with van der Waals surface area (Å²) in [6.45, 7) is 2.95. The van der Waals surface area contributed by atoms with Crippen LogP contribution in [0.2, 0.25) is 0 Å². The van der Waals surface area contributed by atoms with Crippen LogP contribution in [-0.2, 0) is 6.54 Å². The number of benzene rings is 1. The molecule has 1 aromatic carbocycles. The van der Waals surface area contributed by atoms with Gasteiger partial charge in [0.2, 0.25) is 0 Å². The summed E-state index contributed by atoms with van der Waals surface area (Å²) in [6.07, 6.45) is 8.47. The third kappa shape index (κ3) is 4.34. The molecule has 2 N–H and O–H groups in total. The van der Waals surface area contributed by atoms with Crippen LogP contribution in [0, 0.1) is 5.92 Å². The van der Waals surface area contributed by atoms with Crippen LogP contribution in [0.5, 0.6) is 0 Å². The van der Waals surface area contributed by atoms with Crippen LogP contribution in [0.15, 0.2) is 42.7 Å². The second-order valence-electron chi connectivity index (χ2n) is 6.37. The highest BCUT2D eigenvalue weighted by molar-refractivity contribution is 5.89. The molecule has 122 valence electrons. The molecule has 1 fully saturated rings. The molecular weight excluding hydrogens is 288 g/mol. The molecule has 0 radical (unpaired) electrons. The van der Waals surface area contributed by atoms with Gasteiger partial charge in [0, 0.05) is 24.1 Å². The number of hydrogen-bond donors (Lipinski definition) is 2. The van der Waals surface area contributed by atoms with Crippen molar-refractivity contribution in [1.82, 2.24) is 15.1 Å². The van der Waals surface area contributed by atoms with Gasteiger partial charge < -0.3 is 10.6 Å². The zero-order valence-corrected chi connectivity index (χ0v) is 13.5. The van der Waals surface area contributed by atoms with Crippen molar-refractivity contribution < 1.29 is 4.79 Å². The fraction of sp³-hybridized carbons (Fsp3) is 0.444. The molecule has 0 aliphatic heterocycles.